The lowest BCUT2D eigenvalue weighted by atomic mass is 10.1. The van der Waals surface area contributed by atoms with E-state index in [-0.39, 0.29) is 12.5 Å². The Bertz CT molecular complexity index is 325. The SMILES string of the molecule is CCCCCCCNC(CC(=O)O)c1cccs1. The van der Waals surface area contributed by atoms with E-state index in [1.54, 1.807) is 11.3 Å². The van der Waals surface area contributed by atoms with Crippen molar-refractivity contribution in [3.63, 3.8) is 0 Å². The van der Waals surface area contributed by atoms with E-state index in [4.69, 9.17) is 5.11 Å². The molecule has 0 aliphatic heterocycles. The molecule has 0 fully saturated rings. The Morgan fingerprint density at radius 2 is 2.17 bits per heavy atom. The molecule has 1 aromatic heterocycles. The standard InChI is InChI=1S/C14H23NO2S/c1-2-3-4-5-6-9-15-12(11-14(16)17)13-8-7-10-18-13/h7-8,10,12,15H,2-6,9,11H2,1H3,(H,16,17). The molecule has 18 heavy (non-hydrogen) atoms. The fourth-order valence-corrected chi connectivity index (χ4v) is 2.74. The molecule has 1 atom stereocenters. The van der Waals surface area contributed by atoms with Gasteiger partial charge in [-0.3, -0.25) is 4.79 Å². The number of hydrogen-bond acceptors (Lipinski definition) is 3. The van der Waals surface area contributed by atoms with Crippen LogP contribution >= 0.6 is 11.3 Å². The second-order valence-electron chi connectivity index (χ2n) is 4.53. The second-order valence-corrected chi connectivity index (χ2v) is 5.51. The van der Waals surface area contributed by atoms with Gasteiger partial charge in [-0.2, -0.15) is 0 Å². The van der Waals surface area contributed by atoms with Crippen LogP contribution in [-0.4, -0.2) is 17.6 Å². The van der Waals surface area contributed by atoms with Gasteiger partial charge in [-0.25, -0.2) is 0 Å². The molecule has 0 aliphatic rings. The minimum absolute atomic E-state index is 0.0336. The van der Waals surface area contributed by atoms with Crippen molar-refractivity contribution in [2.24, 2.45) is 0 Å². The Balaban J connectivity index is 2.27. The molecule has 3 nitrogen and oxygen atoms in total. The molecule has 0 aliphatic carbocycles. The molecule has 0 amide bonds. The van der Waals surface area contributed by atoms with Gasteiger partial charge in [0.2, 0.25) is 0 Å². The van der Waals surface area contributed by atoms with E-state index in [0.29, 0.717) is 0 Å². The van der Waals surface area contributed by atoms with Gasteiger partial charge in [-0.1, -0.05) is 38.7 Å². The molecule has 0 bridgehead atoms. The van der Waals surface area contributed by atoms with Crippen molar-refractivity contribution in [3.8, 4) is 0 Å². The average molecular weight is 269 g/mol. The largest absolute Gasteiger partial charge is 0.481 e. The van der Waals surface area contributed by atoms with Gasteiger partial charge >= 0.3 is 5.97 Å². The third-order valence-electron chi connectivity index (χ3n) is 2.94. The molecule has 1 rings (SSSR count). The smallest absolute Gasteiger partial charge is 0.305 e. The highest BCUT2D eigenvalue weighted by molar-refractivity contribution is 7.10. The van der Waals surface area contributed by atoms with Crippen LogP contribution in [0.1, 0.15) is 56.4 Å². The van der Waals surface area contributed by atoms with Crippen LogP contribution in [0.3, 0.4) is 0 Å². The second kappa shape index (κ2) is 9.11. The maximum Gasteiger partial charge on any atom is 0.305 e. The van der Waals surface area contributed by atoms with E-state index in [0.717, 1.165) is 17.8 Å². The van der Waals surface area contributed by atoms with E-state index >= 15 is 0 Å². The molecule has 1 aromatic rings. The first-order chi connectivity index (χ1) is 8.74. The Hall–Kier alpha value is -0.870. The maximum absolute atomic E-state index is 10.8. The van der Waals surface area contributed by atoms with Gasteiger partial charge in [0.05, 0.1) is 12.5 Å². The Kier molecular flexibility index (Phi) is 7.69. The van der Waals surface area contributed by atoms with Gasteiger partial charge in [-0.05, 0) is 24.4 Å². The number of hydrogen-bond donors (Lipinski definition) is 2. The van der Waals surface area contributed by atoms with Crippen LogP contribution in [0, 0.1) is 0 Å². The summed E-state index contributed by atoms with van der Waals surface area (Å²) in [5.41, 5.74) is 0. The fourth-order valence-electron chi connectivity index (χ4n) is 1.94. The van der Waals surface area contributed by atoms with Gasteiger partial charge < -0.3 is 10.4 Å². The first-order valence-corrected chi connectivity index (χ1v) is 7.60. The van der Waals surface area contributed by atoms with Gasteiger partial charge in [0.15, 0.2) is 0 Å². The number of carbonyl (C=O) groups is 1. The highest BCUT2D eigenvalue weighted by Gasteiger charge is 2.15. The first-order valence-electron chi connectivity index (χ1n) is 6.72. The summed E-state index contributed by atoms with van der Waals surface area (Å²) in [5.74, 6) is -0.744. The number of thiophene rings is 1. The van der Waals surface area contributed by atoms with Crippen molar-refractivity contribution in [1.29, 1.82) is 0 Å². The van der Waals surface area contributed by atoms with Crippen molar-refractivity contribution >= 4 is 17.3 Å². The minimum atomic E-state index is -0.744. The quantitative estimate of drug-likeness (QED) is 0.635. The van der Waals surface area contributed by atoms with Gasteiger partial charge in [0.25, 0.3) is 0 Å². The van der Waals surface area contributed by atoms with E-state index in [2.05, 4.69) is 12.2 Å². The number of carboxylic acid groups (broad SMARTS) is 1. The van der Waals surface area contributed by atoms with Crippen molar-refractivity contribution in [2.45, 2.75) is 51.5 Å². The van der Waals surface area contributed by atoms with Crippen molar-refractivity contribution < 1.29 is 9.90 Å². The molecule has 1 unspecified atom stereocenters. The molecule has 1 heterocycles. The highest BCUT2D eigenvalue weighted by atomic mass is 32.1. The number of aliphatic carboxylic acids is 1. The Morgan fingerprint density at radius 1 is 1.39 bits per heavy atom. The molecule has 0 radical (unpaired) electrons. The summed E-state index contributed by atoms with van der Waals surface area (Å²) < 4.78 is 0. The summed E-state index contributed by atoms with van der Waals surface area (Å²) >= 11 is 1.62. The van der Waals surface area contributed by atoms with E-state index in [1.165, 1.54) is 25.7 Å². The number of unbranched alkanes of at least 4 members (excludes halogenated alkanes) is 4. The van der Waals surface area contributed by atoms with E-state index < -0.39 is 5.97 Å². The highest BCUT2D eigenvalue weighted by Crippen LogP contribution is 2.22. The summed E-state index contributed by atoms with van der Waals surface area (Å²) in [6, 6.07) is 3.94. The lowest BCUT2D eigenvalue weighted by Gasteiger charge is -2.15. The number of carboxylic acids is 1. The molecule has 4 heteroatoms. The summed E-state index contributed by atoms with van der Waals surface area (Å²) in [6.07, 6.45) is 6.34. The third kappa shape index (κ3) is 6.17. The summed E-state index contributed by atoms with van der Waals surface area (Å²) in [4.78, 5) is 12.0. The number of rotatable bonds is 10. The summed E-state index contributed by atoms with van der Waals surface area (Å²) in [6.45, 7) is 3.11. The monoisotopic (exact) mass is 269 g/mol. The average Bonchev–Trinajstić information content (AvgIpc) is 2.85. The third-order valence-corrected chi connectivity index (χ3v) is 3.92. The molecular weight excluding hydrogens is 246 g/mol. The van der Waals surface area contributed by atoms with Crippen LogP contribution in [0.15, 0.2) is 17.5 Å². The predicted molar refractivity (Wildman–Crippen MR) is 76.1 cm³/mol. The van der Waals surface area contributed by atoms with Gasteiger partial charge in [0, 0.05) is 4.88 Å². The Morgan fingerprint density at radius 3 is 2.78 bits per heavy atom. The molecule has 0 saturated heterocycles. The van der Waals surface area contributed by atoms with Crippen molar-refractivity contribution in [2.75, 3.05) is 6.54 Å². The zero-order valence-electron chi connectivity index (χ0n) is 11.0. The van der Waals surface area contributed by atoms with Crippen LogP contribution in [0.25, 0.3) is 0 Å². The maximum atomic E-state index is 10.8. The van der Waals surface area contributed by atoms with Crippen LogP contribution in [-0.2, 0) is 4.79 Å². The molecular formula is C14H23NO2S. The van der Waals surface area contributed by atoms with Crippen molar-refractivity contribution in [3.05, 3.63) is 22.4 Å². The minimum Gasteiger partial charge on any atom is -0.481 e. The predicted octanol–water partition coefficient (Wildman–Crippen LogP) is 3.82. The first kappa shape index (κ1) is 15.2. The normalized spacial score (nSPS) is 12.5. The molecule has 0 spiro atoms. The lowest BCUT2D eigenvalue weighted by molar-refractivity contribution is -0.137. The van der Waals surface area contributed by atoms with Crippen LogP contribution < -0.4 is 5.32 Å². The molecule has 0 aromatic carbocycles. The number of nitrogens with one attached hydrogen (secondary N) is 1. The Labute approximate surface area is 113 Å². The summed E-state index contributed by atoms with van der Waals surface area (Å²) in [7, 11) is 0. The topological polar surface area (TPSA) is 49.3 Å². The van der Waals surface area contributed by atoms with Crippen LogP contribution in [0.4, 0.5) is 0 Å². The van der Waals surface area contributed by atoms with E-state index in [1.807, 2.05) is 17.5 Å². The molecule has 2 N–H and O–H groups in total. The van der Waals surface area contributed by atoms with Crippen LogP contribution in [0.2, 0.25) is 0 Å². The van der Waals surface area contributed by atoms with Gasteiger partial charge in [-0.15, -0.1) is 11.3 Å². The van der Waals surface area contributed by atoms with E-state index in [9.17, 15) is 4.79 Å². The lowest BCUT2D eigenvalue weighted by Crippen LogP contribution is -2.24. The zero-order valence-corrected chi connectivity index (χ0v) is 11.8. The molecule has 0 saturated carbocycles. The molecule has 102 valence electrons. The van der Waals surface area contributed by atoms with Crippen LogP contribution in [0.5, 0.6) is 0 Å². The summed E-state index contributed by atoms with van der Waals surface area (Å²) in [5, 5.41) is 14.3. The van der Waals surface area contributed by atoms with Gasteiger partial charge in [0.1, 0.15) is 0 Å². The zero-order chi connectivity index (χ0) is 13.2. The van der Waals surface area contributed by atoms with Crippen molar-refractivity contribution in [1.82, 2.24) is 5.32 Å². The fraction of sp³-hybridized carbons (Fsp3) is 0.643.